The first-order valence-electron chi connectivity index (χ1n) is 10.4. The van der Waals surface area contributed by atoms with Crippen LogP contribution in [-0.2, 0) is 15.8 Å². The van der Waals surface area contributed by atoms with Crippen LogP contribution in [0, 0.1) is 0 Å². The van der Waals surface area contributed by atoms with Gasteiger partial charge in [0.25, 0.3) is 17.7 Å². The lowest BCUT2D eigenvalue weighted by Gasteiger charge is -2.15. The number of alkyl halides is 3. The van der Waals surface area contributed by atoms with E-state index in [4.69, 9.17) is 16.3 Å². The van der Waals surface area contributed by atoms with Crippen LogP contribution in [0.3, 0.4) is 0 Å². The molecular formula is C25H17ClF3N3O4. The van der Waals surface area contributed by atoms with Gasteiger partial charge in [-0.25, -0.2) is 4.90 Å². The number of hydrogen-bond acceptors (Lipinski definition) is 5. The van der Waals surface area contributed by atoms with Gasteiger partial charge in [0, 0.05) is 16.9 Å². The van der Waals surface area contributed by atoms with E-state index >= 15 is 0 Å². The Hall–Kier alpha value is -4.31. The first kappa shape index (κ1) is 24.8. The Labute approximate surface area is 208 Å². The van der Waals surface area contributed by atoms with Gasteiger partial charge in [-0.15, -0.1) is 0 Å². The summed E-state index contributed by atoms with van der Waals surface area (Å²) in [5.74, 6) is -1.45. The van der Waals surface area contributed by atoms with Crippen molar-refractivity contribution < 1.29 is 32.3 Å². The van der Waals surface area contributed by atoms with E-state index in [1.807, 2.05) is 0 Å². The molecule has 0 spiro atoms. The molecule has 11 heteroatoms. The number of carbonyl (C=O) groups is 3. The summed E-state index contributed by atoms with van der Waals surface area (Å²) in [6.07, 6.45) is -4.54. The van der Waals surface area contributed by atoms with E-state index in [1.165, 1.54) is 43.5 Å². The molecular weight excluding hydrogens is 499 g/mol. The molecule has 0 aliphatic carbocycles. The summed E-state index contributed by atoms with van der Waals surface area (Å²) in [6.45, 7) is 0. The van der Waals surface area contributed by atoms with Gasteiger partial charge >= 0.3 is 6.18 Å². The van der Waals surface area contributed by atoms with E-state index in [2.05, 4.69) is 10.6 Å². The van der Waals surface area contributed by atoms with Gasteiger partial charge in [0.2, 0.25) is 0 Å². The SMILES string of the molecule is COc1ccc(N2C(=O)C(Cl)=C(Nc3ccc(C(=O)Nc4cccc(C(F)(F)F)c4)cc3)C2=O)cc1. The lowest BCUT2D eigenvalue weighted by molar-refractivity contribution is -0.137. The fourth-order valence-corrected chi connectivity index (χ4v) is 3.62. The van der Waals surface area contributed by atoms with Crippen LogP contribution in [0.5, 0.6) is 5.75 Å². The number of rotatable bonds is 6. The van der Waals surface area contributed by atoms with E-state index in [0.29, 0.717) is 17.1 Å². The maximum Gasteiger partial charge on any atom is 0.416 e. The van der Waals surface area contributed by atoms with Gasteiger partial charge < -0.3 is 15.4 Å². The standard InChI is InChI=1S/C25H17ClF3N3O4/c1-36-19-11-9-18(10-12-19)32-23(34)20(26)21(24(32)35)30-16-7-5-14(6-8-16)22(33)31-17-4-2-3-15(13-17)25(27,28)29/h2-13,30H,1H3,(H,31,33). The molecule has 0 bridgehead atoms. The lowest BCUT2D eigenvalue weighted by Crippen LogP contribution is -2.32. The molecule has 36 heavy (non-hydrogen) atoms. The number of nitrogens with zero attached hydrogens (tertiary/aromatic N) is 1. The molecule has 0 radical (unpaired) electrons. The van der Waals surface area contributed by atoms with Crippen molar-refractivity contribution in [3.8, 4) is 5.75 Å². The normalized spacial score (nSPS) is 13.8. The Balaban J connectivity index is 1.46. The van der Waals surface area contributed by atoms with Gasteiger partial charge in [0.05, 0.1) is 18.4 Å². The van der Waals surface area contributed by atoms with Crippen LogP contribution in [0.1, 0.15) is 15.9 Å². The summed E-state index contributed by atoms with van der Waals surface area (Å²) < 4.78 is 43.7. The molecule has 7 nitrogen and oxygen atoms in total. The molecule has 3 amide bonds. The maximum atomic E-state index is 12.9. The van der Waals surface area contributed by atoms with Crippen molar-refractivity contribution in [2.75, 3.05) is 22.6 Å². The van der Waals surface area contributed by atoms with E-state index in [-0.39, 0.29) is 22.0 Å². The maximum absolute atomic E-state index is 12.9. The van der Waals surface area contributed by atoms with Crippen molar-refractivity contribution >= 4 is 46.4 Å². The van der Waals surface area contributed by atoms with Crippen molar-refractivity contribution in [2.45, 2.75) is 6.18 Å². The van der Waals surface area contributed by atoms with Crippen molar-refractivity contribution in [1.82, 2.24) is 0 Å². The summed E-state index contributed by atoms with van der Waals surface area (Å²) >= 11 is 6.13. The molecule has 184 valence electrons. The number of anilines is 3. The zero-order valence-electron chi connectivity index (χ0n) is 18.5. The molecule has 0 aromatic heterocycles. The van der Waals surface area contributed by atoms with Crippen LogP contribution in [0.25, 0.3) is 0 Å². The third kappa shape index (κ3) is 5.03. The number of imide groups is 1. The van der Waals surface area contributed by atoms with Crippen LogP contribution >= 0.6 is 11.6 Å². The summed E-state index contributed by atoms with van der Waals surface area (Å²) in [6, 6.07) is 16.3. The van der Waals surface area contributed by atoms with Gasteiger partial charge in [0.1, 0.15) is 16.5 Å². The molecule has 3 aromatic carbocycles. The second-order valence-corrected chi connectivity index (χ2v) is 7.95. The first-order valence-corrected chi connectivity index (χ1v) is 10.7. The highest BCUT2D eigenvalue weighted by Gasteiger charge is 2.39. The fourth-order valence-electron chi connectivity index (χ4n) is 3.40. The van der Waals surface area contributed by atoms with Crippen LogP contribution < -0.4 is 20.3 Å². The Morgan fingerprint density at radius 3 is 2.19 bits per heavy atom. The molecule has 2 N–H and O–H groups in total. The van der Waals surface area contributed by atoms with Crippen molar-refractivity contribution in [3.05, 3.63) is 94.7 Å². The lowest BCUT2D eigenvalue weighted by atomic mass is 10.1. The van der Waals surface area contributed by atoms with Gasteiger partial charge in [-0.05, 0) is 66.7 Å². The number of methoxy groups -OCH3 is 1. The first-order chi connectivity index (χ1) is 17.1. The van der Waals surface area contributed by atoms with E-state index in [9.17, 15) is 27.6 Å². The van der Waals surface area contributed by atoms with Crippen molar-refractivity contribution in [2.24, 2.45) is 0 Å². The quantitative estimate of drug-likeness (QED) is 0.429. The Morgan fingerprint density at radius 1 is 0.917 bits per heavy atom. The Morgan fingerprint density at radius 2 is 1.58 bits per heavy atom. The number of hydrogen-bond donors (Lipinski definition) is 2. The van der Waals surface area contributed by atoms with Gasteiger partial charge in [-0.2, -0.15) is 13.2 Å². The largest absolute Gasteiger partial charge is 0.497 e. The number of halogens is 4. The van der Waals surface area contributed by atoms with E-state index in [0.717, 1.165) is 17.0 Å². The number of amides is 3. The Kier molecular flexibility index (Phi) is 6.71. The second kappa shape index (κ2) is 9.74. The molecule has 0 saturated carbocycles. The molecule has 1 aliphatic heterocycles. The topological polar surface area (TPSA) is 87.7 Å². The van der Waals surface area contributed by atoms with Crippen LogP contribution in [0.2, 0.25) is 0 Å². The highest BCUT2D eigenvalue weighted by Crippen LogP contribution is 2.32. The third-order valence-electron chi connectivity index (χ3n) is 5.22. The molecule has 0 unspecified atom stereocenters. The molecule has 3 aromatic rings. The van der Waals surface area contributed by atoms with Crippen LogP contribution in [-0.4, -0.2) is 24.8 Å². The predicted molar refractivity (Wildman–Crippen MR) is 128 cm³/mol. The van der Waals surface area contributed by atoms with E-state index in [1.54, 1.807) is 24.3 Å². The zero-order valence-corrected chi connectivity index (χ0v) is 19.3. The minimum Gasteiger partial charge on any atom is -0.497 e. The molecule has 1 aliphatic rings. The van der Waals surface area contributed by atoms with Crippen molar-refractivity contribution in [3.63, 3.8) is 0 Å². The Bertz CT molecular complexity index is 1370. The third-order valence-corrected chi connectivity index (χ3v) is 5.57. The average molecular weight is 516 g/mol. The number of carbonyl (C=O) groups excluding carboxylic acids is 3. The summed E-state index contributed by atoms with van der Waals surface area (Å²) in [5.41, 5.74) is -0.212. The predicted octanol–water partition coefficient (Wildman–Crippen LogP) is 5.40. The average Bonchev–Trinajstić information content (AvgIpc) is 3.07. The second-order valence-electron chi connectivity index (χ2n) is 7.57. The summed E-state index contributed by atoms with van der Waals surface area (Å²) in [4.78, 5) is 38.9. The van der Waals surface area contributed by atoms with Gasteiger partial charge in [-0.3, -0.25) is 14.4 Å². The summed E-state index contributed by atoms with van der Waals surface area (Å²) in [5, 5.41) is 4.89. The number of ether oxygens (including phenoxy) is 1. The fraction of sp³-hybridized carbons (Fsp3) is 0.0800. The van der Waals surface area contributed by atoms with E-state index < -0.39 is 29.5 Å². The highest BCUT2D eigenvalue weighted by atomic mass is 35.5. The highest BCUT2D eigenvalue weighted by molar-refractivity contribution is 6.53. The monoisotopic (exact) mass is 515 g/mol. The van der Waals surface area contributed by atoms with Gasteiger partial charge in [-0.1, -0.05) is 17.7 Å². The molecule has 1 heterocycles. The number of nitrogens with one attached hydrogen (secondary N) is 2. The zero-order chi connectivity index (χ0) is 26.0. The molecule has 0 saturated heterocycles. The van der Waals surface area contributed by atoms with Crippen molar-refractivity contribution in [1.29, 1.82) is 0 Å². The number of benzene rings is 3. The molecule has 0 atom stereocenters. The molecule has 0 fully saturated rings. The minimum absolute atomic E-state index is 0.0114. The minimum atomic E-state index is -4.54. The summed E-state index contributed by atoms with van der Waals surface area (Å²) in [7, 11) is 1.49. The van der Waals surface area contributed by atoms with Gasteiger partial charge in [0.15, 0.2) is 0 Å². The molecule has 4 rings (SSSR count). The smallest absolute Gasteiger partial charge is 0.416 e. The van der Waals surface area contributed by atoms with Crippen LogP contribution in [0.4, 0.5) is 30.2 Å². The van der Waals surface area contributed by atoms with Crippen LogP contribution in [0.15, 0.2) is 83.5 Å².